The van der Waals surface area contributed by atoms with Crippen LogP contribution in [0.2, 0.25) is 0 Å². The first-order chi connectivity index (χ1) is 14.2. The quantitative estimate of drug-likeness (QED) is 0.592. The van der Waals surface area contributed by atoms with Crippen LogP contribution in [0.5, 0.6) is 11.5 Å². The first kappa shape index (κ1) is 20.2. The van der Waals surface area contributed by atoms with Crippen LogP contribution in [0, 0.1) is 0 Å². The lowest BCUT2D eigenvalue weighted by molar-refractivity contribution is 0.222. The SMILES string of the molecule is CCOc1ccccc1NC(=O)N(C)CCc1noc(COc2ccccc2)n1. The summed E-state index contributed by atoms with van der Waals surface area (Å²) in [6.45, 7) is 3.05. The fraction of sp³-hybridized carbons (Fsp3) is 0.286. The van der Waals surface area contributed by atoms with E-state index in [1.807, 2.05) is 55.5 Å². The van der Waals surface area contributed by atoms with Crippen LogP contribution in [0.4, 0.5) is 10.5 Å². The third-order valence-corrected chi connectivity index (χ3v) is 4.06. The molecule has 1 heterocycles. The van der Waals surface area contributed by atoms with E-state index in [1.165, 1.54) is 0 Å². The second kappa shape index (κ2) is 10.1. The third kappa shape index (κ3) is 5.97. The van der Waals surface area contributed by atoms with Gasteiger partial charge in [-0.15, -0.1) is 0 Å². The molecule has 0 aliphatic rings. The summed E-state index contributed by atoms with van der Waals surface area (Å²) in [6.07, 6.45) is 0.464. The average molecular weight is 396 g/mol. The molecule has 0 aliphatic carbocycles. The summed E-state index contributed by atoms with van der Waals surface area (Å²) in [6, 6.07) is 16.5. The number of rotatable bonds is 9. The first-order valence-corrected chi connectivity index (χ1v) is 9.39. The van der Waals surface area contributed by atoms with E-state index in [2.05, 4.69) is 15.5 Å². The summed E-state index contributed by atoms with van der Waals surface area (Å²) in [5, 5.41) is 6.79. The number of nitrogens with zero attached hydrogens (tertiary/aromatic N) is 3. The monoisotopic (exact) mass is 396 g/mol. The number of nitrogens with one attached hydrogen (secondary N) is 1. The zero-order valence-corrected chi connectivity index (χ0v) is 16.5. The van der Waals surface area contributed by atoms with Gasteiger partial charge in [0, 0.05) is 20.0 Å². The first-order valence-electron chi connectivity index (χ1n) is 9.39. The van der Waals surface area contributed by atoms with Gasteiger partial charge in [-0.05, 0) is 31.2 Å². The van der Waals surface area contributed by atoms with Crippen molar-refractivity contribution >= 4 is 11.7 Å². The summed E-state index contributed by atoms with van der Waals surface area (Å²) in [4.78, 5) is 18.3. The second-order valence-electron chi connectivity index (χ2n) is 6.24. The van der Waals surface area contributed by atoms with Crippen LogP contribution in [0.1, 0.15) is 18.6 Å². The Hall–Kier alpha value is -3.55. The average Bonchev–Trinajstić information content (AvgIpc) is 3.20. The highest BCUT2D eigenvalue weighted by Gasteiger charge is 2.14. The lowest BCUT2D eigenvalue weighted by atomic mass is 10.3. The van der Waals surface area contributed by atoms with E-state index in [0.29, 0.717) is 42.7 Å². The zero-order chi connectivity index (χ0) is 20.5. The van der Waals surface area contributed by atoms with Crippen molar-refractivity contribution in [1.29, 1.82) is 0 Å². The minimum Gasteiger partial charge on any atom is -0.492 e. The molecule has 3 rings (SSSR count). The molecule has 2 aromatic carbocycles. The molecule has 1 aromatic heterocycles. The Morgan fingerprint density at radius 2 is 1.86 bits per heavy atom. The van der Waals surface area contributed by atoms with Crippen LogP contribution in [-0.2, 0) is 13.0 Å². The van der Waals surface area contributed by atoms with Gasteiger partial charge in [-0.2, -0.15) is 4.98 Å². The molecule has 152 valence electrons. The van der Waals surface area contributed by atoms with E-state index in [9.17, 15) is 4.79 Å². The summed E-state index contributed by atoms with van der Waals surface area (Å²) < 4.78 is 16.3. The van der Waals surface area contributed by atoms with E-state index in [0.717, 1.165) is 5.75 Å². The van der Waals surface area contributed by atoms with Crippen molar-refractivity contribution in [1.82, 2.24) is 15.0 Å². The molecule has 3 aromatic rings. The molecule has 8 heteroatoms. The molecule has 0 unspecified atom stereocenters. The number of ether oxygens (including phenoxy) is 2. The highest BCUT2D eigenvalue weighted by molar-refractivity contribution is 5.90. The number of urea groups is 1. The molecule has 0 saturated carbocycles. The number of carbonyl (C=O) groups is 1. The number of hydrogen-bond donors (Lipinski definition) is 1. The molecule has 0 spiro atoms. The molecule has 2 amide bonds. The fourth-order valence-electron chi connectivity index (χ4n) is 2.54. The summed E-state index contributed by atoms with van der Waals surface area (Å²) in [5.41, 5.74) is 0.631. The largest absolute Gasteiger partial charge is 0.492 e. The number of anilines is 1. The van der Waals surface area contributed by atoms with Gasteiger partial charge in [0.1, 0.15) is 11.5 Å². The van der Waals surface area contributed by atoms with Gasteiger partial charge in [-0.3, -0.25) is 0 Å². The van der Waals surface area contributed by atoms with Gasteiger partial charge in [0.2, 0.25) is 0 Å². The topological polar surface area (TPSA) is 89.7 Å². The van der Waals surface area contributed by atoms with Crippen LogP contribution >= 0.6 is 0 Å². The van der Waals surface area contributed by atoms with Gasteiger partial charge in [0.05, 0.1) is 12.3 Å². The van der Waals surface area contributed by atoms with Crippen molar-refractivity contribution in [2.24, 2.45) is 0 Å². The predicted octanol–water partition coefficient (Wildman–Crippen LogP) is 3.75. The van der Waals surface area contributed by atoms with Gasteiger partial charge in [-0.1, -0.05) is 35.5 Å². The number of likely N-dealkylation sites (N-methyl/N-ethyl adjacent to an activating group) is 1. The molecule has 8 nitrogen and oxygen atoms in total. The van der Waals surface area contributed by atoms with Crippen LogP contribution in [0.15, 0.2) is 59.1 Å². The lowest BCUT2D eigenvalue weighted by Gasteiger charge is -2.18. The van der Waals surface area contributed by atoms with Crippen LogP contribution < -0.4 is 14.8 Å². The second-order valence-corrected chi connectivity index (χ2v) is 6.24. The third-order valence-electron chi connectivity index (χ3n) is 4.06. The minimum absolute atomic E-state index is 0.196. The maximum Gasteiger partial charge on any atom is 0.321 e. The normalized spacial score (nSPS) is 10.4. The maximum absolute atomic E-state index is 12.4. The van der Waals surface area contributed by atoms with E-state index in [-0.39, 0.29) is 12.6 Å². The highest BCUT2D eigenvalue weighted by Crippen LogP contribution is 2.23. The zero-order valence-electron chi connectivity index (χ0n) is 16.5. The number of hydrogen-bond acceptors (Lipinski definition) is 6. The summed E-state index contributed by atoms with van der Waals surface area (Å²) in [5.74, 6) is 2.28. The molecule has 0 saturated heterocycles. The highest BCUT2D eigenvalue weighted by atomic mass is 16.5. The van der Waals surface area contributed by atoms with E-state index in [1.54, 1.807) is 18.0 Å². The van der Waals surface area contributed by atoms with E-state index < -0.39 is 0 Å². The van der Waals surface area contributed by atoms with Gasteiger partial charge >= 0.3 is 6.03 Å². The molecular weight excluding hydrogens is 372 g/mol. The van der Waals surface area contributed by atoms with Gasteiger partial charge in [0.15, 0.2) is 12.4 Å². The smallest absolute Gasteiger partial charge is 0.321 e. The number of benzene rings is 2. The van der Waals surface area contributed by atoms with Crippen molar-refractivity contribution in [3.05, 3.63) is 66.3 Å². The molecule has 1 N–H and O–H groups in total. The Bertz CT molecular complexity index is 914. The lowest BCUT2D eigenvalue weighted by Crippen LogP contribution is -2.33. The molecule has 29 heavy (non-hydrogen) atoms. The van der Waals surface area contributed by atoms with E-state index in [4.69, 9.17) is 14.0 Å². The Balaban J connectivity index is 1.47. The molecular formula is C21H24N4O4. The Kier molecular flexibility index (Phi) is 7.05. The maximum atomic E-state index is 12.4. The van der Waals surface area contributed by atoms with Crippen molar-refractivity contribution in [2.75, 3.05) is 25.5 Å². The molecule has 0 bridgehead atoms. The van der Waals surface area contributed by atoms with Crippen LogP contribution in [0.3, 0.4) is 0 Å². The summed E-state index contributed by atoms with van der Waals surface area (Å²) >= 11 is 0. The molecule has 0 aliphatic heterocycles. The Morgan fingerprint density at radius 3 is 2.66 bits per heavy atom. The molecule has 0 fully saturated rings. The van der Waals surface area contributed by atoms with Crippen molar-refractivity contribution < 1.29 is 18.8 Å². The van der Waals surface area contributed by atoms with Gasteiger partial charge < -0.3 is 24.2 Å². The van der Waals surface area contributed by atoms with Crippen molar-refractivity contribution in [3.8, 4) is 11.5 Å². The number of para-hydroxylation sites is 3. The minimum atomic E-state index is -0.242. The molecule has 0 atom stereocenters. The standard InChI is InChI=1S/C21H24N4O4/c1-3-27-18-12-8-7-11-17(18)22-21(26)25(2)14-13-19-23-20(29-24-19)15-28-16-9-5-4-6-10-16/h4-12H,3,13-15H2,1-2H3,(H,22,26). The van der Waals surface area contributed by atoms with Crippen LogP contribution in [0.25, 0.3) is 0 Å². The van der Waals surface area contributed by atoms with Crippen molar-refractivity contribution in [3.63, 3.8) is 0 Å². The van der Waals surface area contributed by atoms with Crippen molar-refractivity contribution in [2.45, 2.75) is 20.0 Å². The molecule has 0 radical (unpaired) electrons. The van der Waals surface area contributed by atoms with Crippen LogP contribution in [-0.4, -0.2) is 41.3 Å². The van der Waals surface area contributed by atoms with E-state index >= 15 is 0 Å². The number of carbonyl (C=O) groups excluding carboxylic acids is 1. The van der Waals surface area contributed by atoms with Gasteiger partial charge in [-0.25, -0.2) is 4.79 Å². The Labute approximate surface area is 169 Å². The fourth-order valence-corrected chi connectivity index (χ4v) is 2.54. The predicted molar refractivity (Wildman–Crippen MR) is 108 cm³/mol. The number of aromatic nitrogens is 2. The summed E-state index contributed by atoms with van der Waals surface area (Å²) in [7, 11) is 1.71. The Morgan fingerprint density at radius 1 is 1.10 bits per heavy atom. The van der Waals surface area contributed by atoms with Gasteiger partial charge in [0.25, 0.3) is 5.89 Å². The number of amides is 2.